The van der Waals surface area contributed by atoms with Crippen LogP contribution in [0.4, 0.5) is 21.9 Å². The van der Waals surface area contributed by atoms with Crippen LogP contribution in [0.15, 0.2) is 24.3 Å². The number of rotatable bonds is 7. The van der Waals surface area contributed by atoms with E-state index in [2.05, 4.69) is 21.0 Å². The van der Waals surface area contributed by atoms with Crippen molar-refractivity contribution in [2.45, 2.75) is 39.3 Å². The number of hydrogen-bond acceptors (Lipinski definition) is 6. The monoisotopic (exact) mass is 416 g/mol. The molecular formula is C19H24N6O5. The van der Waals surface area contributed by atoms with E-state index in [0.29, 0.717) is 23.6 Å². The number of carbonyl (C=O) groups excluding carboxylic acids is 2. The number of nitro groups is 1. The van der Waals surface area contributed by atoms with Crippen molar-refractivity contribution < 1.29 is 19.2 Å². The number of carbonyl (C=O) groups is 2. The van der Waals surface area contributed by atoms with Gasteiger partial charge in [-0.2, -0.15) is 5.10 Å². The van der Waals surface area contributed by atoms with Crippen molar-refractivity contribution in [3.8, 4) is 0 Å². The van der Waals surface area contributed by atoms with Gasteiger partial charge in [-0.15, -0.1) is 0 Å². The summed E-state index contributed by atoms with van der Waals surface area (Å²) in [4.78, 5) is 34.8. The summed E-state index contributed by atoms with van der Waals surface area (Å²) >= 11 is 0. The molecule has 0 spiro atoms. The van der Waals surface area contributed by atoms with Gasteiger partial charge in [0.05, 0.1) is 11.0 Å². The Labute approximate surface area is 172 Å². The van der Waals surface area contributed by atoms with Gasteiger partial charge in [-0.25, -0.2) is 4.79 Å². The lowest BCUT2D eigenvalue weighted by Gasteiger charge is -2.12. The van der Waals surface area contributed by atoms with E-state index in [9.17, 15) is 19.7 Å². The normalized spacial score (nSPS) is 15.6. The molecule has 0 bridgehead atoms. The fourth-order valence-corrected chi connectivity index (χ4v) is 3.27. The maximum Gasteiger partial charge on any atom is 0.319 e. The molecule has 1 aromatic carbocycles. The molecule has 1 aliphatic heterocycles. The molecule has 1 unspecified atom stereocenters. The molecule has 1 fully saturated rings. The minimum Gasteiger partial charge on any atom is -0.376 e. The Hall–Kier alpha value is -3.47. The van der Waals surface area contributed by atoms with Crippen molar-refractivity contribution in [2.24, 2.45) is 0 Å². The van der Waals surface area contributed by atoms with Crippen LogP contribution in [0.1, 0.15) is 24.2 Å². The molecule has 0 saturated carbocycles. The first-order chi connectivity index (χ1) is 14.3. The molecule has 1 saturated heterocycles. The number of anilines is 2. The second-order valence-electron chi connectivity index (χ2n) is 7.03. The van der Waals surface area contributed by atoms with E-state index in [-0.39, 0.29) is 36.0 Å². The number of hydrogen-bond donors (Lipinski definition) is 3. The molecule has 1 atom stereocenters. The van der Waals surface area contributed by atoms with E-state index in [4.69, 9.17) is 4.74 Å². The number of aromatic nitrogens is 2. The zero-order valence-corrected chi connectivity index (χ0v) is 16.8. The topological polar surface area (TPSA) is 140 Å². The summed E-state index contributed by atoms with van der Waals surface area (Å²) in [7, 11) is 0. The molecule has 3 amide bonds. The van der Waals surface area contributed by atoms with Crippen LogP contribution in [0.5, 0.6) is 0 Å². The molecule has 3 rings (SSSR count). The average molecular weight is 416 g/mol. The summed E-state index contributed by atoms with van der Waals surface area (Å²) in [6.07, 6.45) is 2.02. The Balaban J connectivity index is 1.50. The lowest BCUT2D eigenvalue weighted by molar-refractivity contribution is -0.386. The average Bonchev–Trinajstić information content (AvgIpc) is 3.29. The summed E-state index contributed by atoms with van der Waals surface area (Å²) in [5.41, 5.74) is 1.60. The summed E-state index contributed by atoms with van der Waals surface area (Å²) in [6.45, 7) is 4.13. The molecule has 2 heterocycles. The van der Waals surface area contributed by atoms with Crippen LogP contribution in [0, 0.1) is 24.0 Å². The van der Waals surface area contributed by atoms with Gasteiger partial charge in [0.2, 0.25) is 5.91 Å². The smallest absolute Gasteiger partial charge is 0.319 e. The predicted molar refractivity (Wildman–Crippen MR) is 109 cm³/mol. The SMILES string of the molecule is Cc1nn(CC(=O)Nc2ccc(NC(=O)NCC3CCCO3)cc2)c(C)c1[N+](=O)[O-]. The van der Waals surface area contributed by atoms with E-state index < -0.39 is 4.92 Å². The second-order valence-corrected chi connectivity index (χ2v) is 7.03. The Kier molecular flexibility index (Phi) is 6.62. The van der Waals surface area contributed by atoms with Crippen LogP contribution in [0.25, 0.3) is 0 Å². The number of aryl methyl sites for hydroxylation is 1. The number of urea groups is 1. The fraction of sp³-hybridized carbons (Fsp3) is 0.421. The van der Waals surface area contributed by atoms with Gasteiger partial charge in [-0.3, -0.25) is 19.6 Å². The van der Waals surface area contributed by atoms with Crippen molar-refractivity contribution in [1.82, 2.24) is 15.1 Å². The third-order valence-electron chi connectivity index (χ3n) is 4.76. The summed E-state index contributed by atoms with van der Waals surface area (Å²) in [5.74, 6) is -0.370. The van der Waals surface area contributed by atoms with Gasteiger partial charge in [0.15, 0.2) is 0 Å². The summed E-state index contributed by atoms with van der Waals surface area (Å²) in [5, 5.41) is 23.3. The highest BCUT2D eigenvalue weighted by molar-refractivity contribution is 5.92. The minimum absolute atomic E-state index is 0.0667. The highest BCUT2D eigenvalue weighted by Gasteiger charge is 2.22. The number of nitrogens with zero attached hydrogens (tertiary/aromatic N) is 3. The molecule has 0 aliphatic carbocycles. The van der Waals surface area contributed by atoms with Gasteiger partial charge in [0.25, 0.3) is 0 Å². The van der Waals surface area contributed by atoms with Crippen LogP contribution in [0.3, 0.4) is 0 Å². The molecule has 2 aromatic rings. The first-order valence-corrected chi connectivity index (χ1v) is 9.58. The third-order valence-corrected chi connectivity index (χ3v) is 4.76. The Bertz CT molecular complexity index is 934. The van der Waals surface area contributed by atoms with Gasteiger partial charge in [0.1, 0.15) is 17.9 Å². The molecule has 0 radical (unpaired) electrons. The number of benzene rings is 1. The van der Waals surface area contributed by atoms with E-state index in [1.165, 1.54) is 11.6 Å². The summed E-state index contributed by atoms with van der Waals surface area (Å²) in [6, 6.07) is 6.30. The van der Waals surface area contributed by atoms with Crippen molar-refractivity contribution >= 4 is 29.0 Å². The lowest BCUT2D eigenvalue weighted by Crippen LogP contribution is -2.35. The number of nitrogens with one attached hydrogen (secondary N) is 3. The highest BCUT2D eigenvalue weighted by Crippen LogP contribution is 2.22. The first kappa shape index (κ1) is 21.2. The zero-order chi connectivity index (χ0) is 21.7. The lowest BCUT2D eigenvalue weighted by atomic mass is 10.2. The maximum absolute atomic E-state index is 12.3. The van der Waals surface area contributed by atoms with E-state index in [0.717, 1.165) is 19.4 Å². The standard InChI is InChI=1S/C19H24N6O5/c1-12-18(25(28)29)13(2)24(23-12)11-17(26)21-14-5-7-15(8-6-14)22-19(27)20-10-16-4-3-9-30-16/h5-8,16H,3-4,9-11H2,1-2H3,(H,21,26)(H2,20,22,27). The van der Waals surface area contributed by atoms with Crippen molar-refractivity contribution in [3.05, 3.63) is 45.8 Å². The van der Waals surface area contributed by atoms with Crippen LogP contribution in [-0.2, 0) is 16.1 Å². The van der Waals surface area contributed by atoms with Gasteiger partial charge in [0, 0.05) is 24.5 Å². The Morgan fingerprint density at radius 1 is 1.23 bits per heavy atom. The largest absolute Gasteiger partial charge is 0.376 e. The molecule has 3 N–H and O–H groups in total. The van der Waals surface area contributed by atoms with Crippen LogP contribution >= 0.6 is 0 Å². The molecule has 160 valence electrons. The van der Waals surface area contributed by atoms with E-state index >= 15 is 0 Å². The Morgan fingerprint density at radius 2 is 1.90 bits per heavy atom. The molecule has 30 heavy (non-hydrogen) atoms. The fourth-order valence-electron chi connectivity index (χ4n) is 3.27. The molecule has 1 aliphatic rings. The molecule has 11 heteroatoms. The quantitative estimate of drug-likeness (QED) is 0.467. The minimum atomic E-state index is -0.505. The van der Waals surface area contributed by atoms with Crippen molar-refractivity contribution in [3.63, 3.8) is 0 Å². The highest BCUT2D eigenvalue weighted by atomic mass is 16.6. The van der Waals surface area contributed by atoms with Crippen molar-refractivity contribution in [1.29, 1.82) is 0 Å². The van der Waals surface area contributed by atoms with Crippen LogP contribution < -0.4 is 16.0 Å². The van der Waals surface area contributed by atoms with Crippen LogP contribution in [0.2, 0.25) is 0 Å². The van der Waals surface area contributed by atoms with Crippen LogP contribution in [-0.4, -0.2) is 45.9 Å². The third kappa shape index (κ3) is 5.32. The Morgan fingerprint density at radius 3 is 2.47 bits per heavy atom. The molecule has 11 nitrogen and oxygen atoms in total. The maximum atomic E-state index is 12.3. The first-order valence-electron chi connectivity index (χ1n) is 9.58. The number of amides is 3. The second kappa shape index (κ2) is 9.35. The predicted octanol–water partition coefficient (Wildman–Crippen LogP) is 2.35. The number of ether oxygens (including phenoxy) is 1. The van der Waals surface area contributed by atoms with Gasteiger partial charge in [-0.1, -0.05) is 0 Å². The zero-order valence-electron chi connectivity index (χ0n) is 16.8. The van der Waals surface area contributed by atoms with Gasteiger partial charge >= 0.3 is 11.7 Å². The molecular weight excluding hydrogens is 392 g/mol. The summed E-state index contributed by atoms with van der Waals surface area (Å²) < 4.78 is 6.76. The van der Waals surface area contributed by atoms with E-state index in [1.54, 1.807) is 31.2 Å². The molecule has 1 aromatic heterocycles. The van der Waals surface area contributed by atoms with E-state index in [1.807, 2.05) is 0 Å². The van der Waals surface area contributed by atoms with Crippen molar-refractivity contribution in [2.75, 3.05) is 23.8 Å². The van der Waals surface area contributed by atoms with Gasteiger partial charge in [-0.05, 0) is 51.0 Å². The van der Waals surface area contributed by atoms with Gasteiger partial charge < -0.3 is 20.7 Å².